The molecule has 8 heteroatoms. The van der Waals surface area contributed by atoms with Gasteiger partial charge in [0, 0.05) is 10.9 Å². The quantitative estimate of drug-likeness (QED) is 0.511. The number of hydrogen-bond acceptors (Lipinski definition) is 5. The number of nitrogens with zero attached hydrogens (tertiary/aromatic N) is 2. The Kier molecular flexibility index (Phi) is 6.63. The van der Waals surface area contributed by atoms with Gasteiger partial charge in [-0.05, 0) is 29.7 Å². The molecule has 0 aliphatic heterocycles. The van der Waals surface area contributed by atoms with E-state index in [2.05, 4.69) is 50.5 Å². The molecule has 0 saturated heterocycles. The molecule has 0 radical (unpaired) electrons. The van der Waals surface area contributed by atoms with E-state index in [1.807, 2.05) is 18.2 Å². The third kappa shape index (κ3) is 5.64. The van der Waals surface area contributed by atoms with E-state index in [0.717, 1.165) is 11.8 Å². The average Bonchev–Trinajstić information content (AvgIpc) is 3.10. The maximum Gasteiger partial charge on any atom is 0.277 e. The highest BCUT2D eigenvalue weighted by Crippen LogP contribution is 2.23. The van der Waals surface area contributed by atoms with Crippen LogP contribution in [-0.2, 0) is 11.2 Å². The molecule has 1 unspecified atom stereocenters. The fraction of sp³-hybridized carbons (Fsp3) is 0.211. The van der Waals surface area contributed by atoms with Crippen LogP contribution < -0.4 is 5.32 Å². The van der Waals surface area contributed by atoms with Crippen LogP contribution in [0.4, 0.5) is 10.1 Å². The van der Waals surface area contributed by atoms with Gasteiger partial charge < -0.3 is 9.73 Å². The Morgan fingerprint density at radius 3 is 2.78 bits per heavy atom. The minimum Gasteiger partial charge on any atom is -0.416 e. The molecule has 1 aromatic heterocycles. The van der Waals surface area contributed by atoms with E-state index in [9.17, 15) is 9.18 Å². The molecule has 0 fully saturated rings. The Morgan fingerprint density at radius 2 is 2.04 bits per heavy atom. The largest absolute Gasteiger partial charge is 0.416 e. The van der Waals surface area contributed by atoms with Crippen molar-refractivity contribution in [3.05, 3.63) is 70.3 Å². The predicted molar refractivity (Wildman–Crippen MR) is 106 cm³/mol. The highest BCUT2D eigenvalue weighted by molar-refractivity contribution is 9.10. The SMILES string of the molecule is CC(Cc1nnc(SCC(=O)Nc2ccc(Br)cc2F)o1)c1ccccc1. The van der Waals surface area contributed by atoms with Crippen LogP contribution in [0.2, 0.25) is 0 Å². The molecular formula is C19H17BrFN3O2S. The molecule has 0 saturated carbocycles. The minimum absolute atomic E-state index is 0.0470. The highest BCUT2D eigenvalue weighted by atomic mass is 79.9. The van der Waals surface area contributed by atoms with Gasteiger partial charge in [0.25, 0.3) is 5.22 Å². The van der Waals surface area contributed by atoms with Crippen LogP contribution >= 0.6 is 27.7 Å². The van der Waals surface area contributed by atoms with Crippen LogP contribution in [0.15, 0.2) is 62.6 Å². The molecule has 0 bridgehead atoms. The summed E-state index contributed by atoms with van der Waals surface area (Å²) in [6, 6.07) is 14.5. The van der Waals surface area contributed by atoms with Gasteiger partial charge in [-0.3, -0.25) is 4.79 Å². The van der Waals surface area contributed by atoms with Crippen molar-refractivity contribution in [1.82, 2.24) is 10.2 Å². The standard InChI is InChI=1S/C19H17BrFN3O2S/c1-12(13-5-3-2-4-6-13)9-18-23-24-19(26-18)27-11-17(25)22-16-8-7-14(20)10-15(16)21/h2-8,10,12H,9,11H2,1H3,(H,22,25). The van der Waals surface area contributed by atoms with Gasteiger partial charge in [-0.25, -0.2) is 4.39 Å². The van der Waals surface area contributed by atoms with Crippen molar-refractivity contribution in [2.45, 2.75) is 24.5 Å². The number of benzene rings is 2. The van der Waals surface area contributed by atoms with E-state index in [0.29, 0.717) is 22.0 Å². The molecule has 3 aromatic rings. The number of halogens is 2. The molecule has 1 heterocycles. The number of thioether (sulfide) groups is 1. The Balaban J connectivity index is 1.51. The lowest BCUT2D eigenvalue weighted by Gasteiger charge is -2.08. The molecule has 1 amide bonds. The molecule has 27 heavy (non-hydrogen) atoms. The molecule has 140 valence electrons. The first-order valence-corrected chi connectivity index (χ1v) is 10.0. The number of carbonyl (C=O) groups is 1. The first-order chi connectivity index (χ1) is 13.0. The fourth-order valence-electron chi connectivity index (χ4n) is 2.44. The predicted octanol–water partition coefficient (Wildman–Crippen LogP) is 5.05. The number of amides is 1. The first-order valence-electron chi connectivity index (χ1n) is 8.26. The molecule has 2 aromatic carbocycles. The maximum absolute atomic E-state index is 13.7. The van der Waals surface area contributed by atoms with Gasteiger partial charge in [-0.15, -0.1) is 10.2 Å². The van der Waals surface area contributed by atoms with E-state index < -0.39 is 5.82 Å². The Morgan fingerprint density at radius 1 is 1.26 bits per heavy atom. The van der Waals surface area contributed by atoms with Crippen LogP contribution in [0.25, 0.3) is 0 Å². The summed E-state index contributed by atoms with van der Waals surface area (Å²) in [6.07, 6.45) is 0.619. The average molecular weight is 450 g/mol. The number of rotatable bonds is 7. The lowest BCUT2D eigenvalue weighted by molar-refractivity contribution is -0.113. The van der Waals surface area contributed by atoms with Gasteiger partial charge in [0.05, 0.1) is 11.4 Å². The number of nitrogens with one attached hydrogen (secondary N) is 1. The van der Waals surface area contributed by atoms with Crippen LogP contribution in [0, 0.1) is 5.82 Å². The van der Waals surface area contributed by atoms with Gasteiger partial charge in [0.1, 0.15) is 5.82 Å². The monoisotopic (exact) mass is 449 g/mol. The summed E-state index contributed by atoms with van der Waals surface area (Å²) in [4.78, 5) is 12.0. The molecule has 5 nitrogen and oxygen atoms in total. The second kappa shape index (κ2) is 9.14. The number of hydrogen-bond donors (Lipinski definition) is 1. The summed E-state index contributed by atoms with van der Waals surface area (Å²) < 4.78 is 19.9. The lowest BCUT2D eigenvalue weighted by atomic mass is 9.98. The molecule has 0 aliphatic carbocycles. The summed E-state index contributed by atoms with van der Waals surface area (Å²) in [5, 5.41) is 10.8. The second-order valence-electron chi connectivity index (χ2n) is 5.94. The van der Waals surface area contributed by atoms with Gasteiger partial charge in [0.2, 0.25) is 11.8 Å². The molecule has 1 N–H and O–H groups in total. The summed E-state index contributed by atoms with van der Waals surface area (Å²) >= 11 is 4.29. The summed E-state index contributed by atoms with van der Waals surface area (Å²) in [6.45, 7) is 2.09. The summed E-state index contributed by atoms with van der Waals surface area (Å²) in [5.74, 6) is -0.0384. The topological polar surface area (TPSA) is 68.0 Å². The van der Waals surface area contributed by atoms with Crippen molar-refractivity contribution >= 4 is 39.3 Å². The Hall–Kier alpha value is -2.19. The normalized spacial score (nSPS) is 12.0. The first kappa shape index (κ1) is 19.6. The van der Waals surface area contributed by atoms with Crippen LogP contribution in [-0.4, -0.2) is 21.9 Å². The van der Waals surface area contributed by atoms with Crippen LogP contribution in [0.3, 0.4) is 0 Å². The molecular weight excluding hydrogens is 433 g/mol. The van der Waals surface area contributed by atoms with Crippen molar-refractivity contribution in [1.29, 1.82) is 0 Å². The van der Waals surface area contributed by atoms with Gasteiger partial charge >= 0.3 is 0 Å². The lowest BCUT2D eigenvalue weighted by Crippen LogP contribution is -2.15. The van der Waals surface area contributed by atoms with E-state index in [-0.39, 0.29) is 23.3 Å². The van der Waals surface area contributed by atoms with Crippen molar-refractivity contribution in [3.63, 3.8) is 0 Å². The van der Waals surface area contributed by atoms with Gasteiger partial charge in [0.15, 0.2) is 0 Å². The molecule has 0 spiro atoms. The Bertz CT molecular complexity index is 920. The number of carbonyl (C=O) groups excluding carboxylic acids is 1. The van der Waals surface area contributed by atoms with Crippen LogP contribution in [0.5, 0.6) is 0 Å². The third-order valence-electron chi connectivity index (χ3n) is 3.83. The van der Waals surface area contributed by atoms with Crippen molar-refractivity contribution < 1.29 is 13.6 Å². The highest BCUT2D eigenvalue weighted by Gasteiger charge is 2.14. The zero-order valence-electron chi connectivity index (χ0n) is 14.5. The van der Waals surface area contributed by atoms with E-state index in [1.54, 1.807) is 6.07 Å². The molecule has 0 aliphatic rings. The number of anilines is 1. The zero-order chi connectivity index (χ0) is 19.2. The second-order valence-corrected chi connectivity index (χ2v) is 7.78. The maximum atomic E-state index is 13.7. The van der Waals surface area contributed by atoms with Gasteiger partial charge in [-0.1, -0.05) is 64.9 Å². The van der Waals surface area contributed by atoms with Crippen molar-refractivity contribution in [3.8, 4) is 0 Å². The fourth-order valence-corrected chi connectivity index (χ4v) is 3.36. The molecule has 3 rings (SSSR count). The summed E-state index contributed by atoms with van der Waals surface area (Å²) in [5.41, 5.74) is 1.33. The van der Waals surface area contributed by atoms with Crippen molar-refractivity contribution in [2.75, 3.05) is 11.1 Å². The summed E-state index contributed by atoms with van der Waals surface area (Å²) in [7, 11) is 0. The van der Waals surface area contributed by atoms with E-state index in [1.165, 1.54) is 17.7 Å². The minimum atomic E-state index is -0.502. The van der Waals surface area contributed by atoms with Gasteiger partial charge in [-0.2, -0.15) is 0 Å². The third-order valence-corrected chi connectivity index (χ3v) is 5.14. The van der Waals surface area contributed by atoms with E-state index >= 15 is 0 Å². The number of aromatic nitrogens is 2. The van der Waals surface area contributed by atoms with E-state index in [4.69, 9.17) is 4.42 Å². The Labute approximate surface area is 168 Å². The molecule has 1 atom stereocenters. The zero-order valence-corrected chi connectivity index (χ0v) is 16.9. The van der Waals surface area contributed by atoms with Crippen LogP contribution in [0.1, 0.15) is 24.3 Å². The smallest absolute Gasteiger partial charge is 0.277 e. The van der Waals surface area contributed by atoms with Crippen molar-refractivity contribution in [2.24, 2.45) is 0 Å².